The average molecular weight is 296 g/mol. The normalized spacial score (nSPS) is 12.3. The fraction of sp³-hybridized carbons (Fsp3) is 0.700. The van der Waals surface area contributed by atoms with Gasteiger partial charge in [-0.25, -0.2) is 8.42 Å². The lowest BCUT2D eigenvalue weighted by Gasteiger charge is -2.20. The second-order valence-electron chi connectivity index (χ2n) is 3.85. The Kier molecular flexibility index (Phi) is 5.58. The molecule has 0 saturated carbocycles. The van der Waals surface area contributed by atoms with Gasteiger partial charge in [0.25, 0.3) is 0 Å². The molecule has 0 radical (unpaired) electrons. The first kappa shape index (κ1) is 15.4. The monoisotopic (exact) mass is 295 g/mol. The minimum Gasteiger partial charge on any atom is -0.383 e. The summed E-state index contributed by atoms with van der Waals surface area (Å²) in [6.45, 7) is 4.19. The second-order valence-corrected chi connectivity index (χ2v) is 6.10. The molecule has 0 unspecified atom stereocenters. The highest BCUT2D eigenvalue weighted by atomic mass is 35.5. The van der Waals surface area contributed by atoms with Crippen LogP contribution in [0, 0.1) is 13.8 Å². The van der Waals surface area contributed by atoms with Crippen LogP contribution in [0.1, 0.15) is 11.4 Å². The van der Waals surface area contributed by atoms with Crippen molar-refractivity contribution >= 4 is 21.6 Å². The van der Waals surface area contributed by atoms with Gasteiger partial charge < -0.3 is 4.74 Å². The van der Waals surface area contributed by atoms with Crippen LogP contribution in [0.15, 0.2) is 4.90 Å². The predicted molar refractivity (Wildman–Crippen MR) is 69.4 cm³/mol. The van der Waals surface area contributed by atoms with E-state index in [4.69, 9.17) is 16.3 Å². The fourth-order valence-electron chi connectivity index (χ4n) is 1.69. The molecule has 0 bridgehead atoms. The summed E-state index contributed by atoms with van der Waals surface area (Å²) in [5.41, 5.74) is 0.994. The third-order valence-corrected chi connectivity index (χ3v) is 4.87. The molecular weight excluding hydrogens is 278 g/mol. The van der Waals surface area contributed by atoms with Crippen molar-refractivity contribution in [2.24, 2.45) is 0 Å². The topological polar surface area (TPSA) is 75.3 Å². The summed E-state index contributed by atoms with van der Waals surface area (Å²) < 4.78 is 31.2. The molecule has 1 aromatic rings. The van der Waals surface area contributed by atoms with Crippen LogP contribution in [0.2, 0.25) is 0 Å². The molecule has 1 heterocycles. The Morgan fingerprint density at radius 3 is 2.50 bits per heavy atom. The van der Waals surface area contributed by atoms with Crippen molar-refractivity contribution in [3.63, 3.8) is 0 Å². The van der Waals surface area contributed by atoms with E-state index in [9.17, 15) is 8.42 Å². The highest BCUT2D eigenvalue weighted by Crippen LogP contribution is 2.21. The number of nitrogens with one attached hydrogen (secondary N) is 1. The van der Waals surface area contributed by atoms with E-state index in [1.165, 1.54) is 11.4 Å². The first-order valence-corrected chi connectivity index (χ1v) is 7.49. The van der Waals surface area contributed by atoms with Crippen LogP contribution in [-0.2, 0) is 14.8 Å². The molecule has 18 heavy (non-hydrogen) atoms. The minimum absolute atomic E-state index is 0.226. The van der Waals surface area contributed by atoms with Crippen LogP contribution in [0.25, 0.3) is 0 Å². The molecule has 0 spiro atoms. The molecule has 0 aromatic carbocycles. The van der Waals surface area contributed by atoms with E-state index in [-0.39, 0.29) is 23.9 Å². The maximum atomic E-state index is 12.5. The Bertz CT molecular complexity index is 467. The number of aromatic amines is 1. The lowest BCUT2D eigenvalue weighted by molar-refractivity contribution is 0.180. The third kappa shape index (κ3) is 3.23. The fourth-order valence-corrected chi connectivity index (χ4v) is 3.75. The van der Waals surface area contributed by atoms with Crippen LogP contribution in [0.3, 0.4) is 0 Å². The summed E-state index contributed by atoms with van der Waals surface area (Å²) >= 11 is 5.65. The number of hydrogen-bond acceptors (Lipinski definition) is 4. The van der Waals surface area contributed by atoms with Gasteiger partial charge in [0, 0.05) is 26.1 Å². The zero-order valence-corrected chi connectivity index (χ0v) is 12.3. The van der Waals surface area contributed by atoms with Gasteiger partial charge in [0.15, 0.2) is 0 Å². The van der Waals surface area contributed by atoms with E-state index in [2.05, 4.69) is 10.2 Å². The molecule has 0 fully saturated rings. The molecule has 0 amide bonds. The van der Waals surface area contributed by atoms with Crippen molar-refractivity contribution in [2.75, 3.05) is 32.7 Å². The number of alkyl halides is 1. The van der Waals surface area contributed by atoms with E-state index < -0.39 is 10.0 Å². The summed E-state index contributed by atoms with van der Waals surface area (Å²) in [7, 11) is -2.05. The third-order valence-electron chi connectivity index (χ3n) is 2.54. The highest BCUT2D eigenvalue weighted by Gasteiger charge is 2.28. The zero-order valence-electron chi connectivity index (χ0n) is 10.7. The van der Waals surface area contributed by atoms with Gasteiger partial charge in [-0.2, -0.15) is 9.40 Å². The first-order valence-electron chi connectivity index (χ1n) is 5.51. The Morgan fingerprint density at radius 2 is 2.06 bits per heavy atom. The number of aromatic nitrogens is 2. The standard InChI is InChI=1S/C10H18ClN3O3S/c1-8-10(9(2)13-12-8)18(15,16)14(5-4-11)6-7-17-3/h4-7H2,1-3H3,(H,12,13). The maximum Gasteiger partial charge on any atom is 0.246 e. The lowest BCUT2D eigenvalue weighted by atomic mass is 10.4. The van der Waals surface area contributed by atoms with Gasteiger partial charge in [-0.05, 0) is 13.8 Å². The number of nitrogens with zero attached hydrogens (tertiary/aromatic N) is 2. The number of aryl methyl sites for hydroxylation is 2. The number of ether oxygens (including phenoxy) is 1. The number of halogens is 1. The van der Waals surface area contributed by atoms with Gasteiger partial charge in [-0.15, -0.1) is 11.6 Å². The molecule has 1 N–H and O–H groups in total. The molecule has 6 nitrogen and oxygen atoms in total. The van der Waals surface area contributed by atoms with E-state index in [0.29, 0.717) is 18.0 Å². The number of methoxy groups -OCH3 is 1. The van der Waals surface area contributed by atoms with Crippen LogP contribution in [0.4, 0.5) is 0 Å². The van der Waals surface area contributed by atoms with Crippen LogP contribution < -0.4 is 0 Å². The molecular formula is C10H18ClN3O3S. The first-order chi connectivity index (χ1) is 8.45. The van der Waals surface area contributed by atoms with E-state index in [1.54, 1.807) is 13.8 Å². The molecule has 0 aliphatic rings. The number of H-pyrrole nitrogens is 1. The van der Waals surface area contributed by atoms with Crippen LogP contribution in [0.5, 0.6) is 0 Å². The van der Waals surface area contributed by atoms with Gasteiger partial charge in [0.05, 0.1) is 18.0 Å². The van der Waals surface area contributed by atoms with Crippen molar-refractivity contribution in [2.45, 2.75) is 18.7 Å². The Labute approximate surface area is 112 Å². The van der Waals surface area contributed by atoms with Crippen molar-refractivity contribution in [3.8, 4) is 0 Å². The maximum absolute atomic E-state index is 12.5. The molecule has 8 heteroatoms. The van der Waals surface area contributed by atoms with Crippen LogP contribution in [-0.4, -0.2) is 55.6 Å². The summed E-state index contributed by atoms with van der Waals surface area (Å²) in [4.78, 5) is 0.226. The Hall–Kier alpha value is -0.630. The Balaban J connectivity index is 3.09. The minimum atomic E-state index is -3.58. The van der Waals surface area contributed by atoms with E-state index in [1.807, 2.05) is 0 Å². The van der Waals surface area contributed by atoms with Crippen molar-refractivity contribution in [3.05, 3.63) is 11.4 Å². The van der Waals surface area contributed by atoms with Gasteiger partial charge in [0.1, 0.15) is 4.90 Å². The molecule has 1 aromatic heterocycles. The van der Waals surface area contributed by atoms with Gasteiger partial charge in [0.2, 0.25) is 10.0 Å². The average Bonchev–Trinajstić information content (AvgIpc) is 2.64. The predicted octanol–water partition coefficient (Wildman–Crippen LogP) is 0.902. The highest BCUT2D eigenvalue weighted by molar-refractivity contribution is 7.89. The quantitative estimate of drug-likeness (QED) is 0.759. The molecule has 0 aliphatic carbocycles. The molecule has 0 saturated heterocycles. The summed E-state index contributed by atoms with van der Waals surface area (Å²) in [6, 6.07) is 0. The zero-order chi connectivity index (χ0) is 13.8. The second kappa shape index (κ2) is 6.51. The molecule has 1 rings (SSSR count). The SMILES string of the molecule is COCCN(CCCl)S(=O)(=O)c1c(C)n[nH]c1C. The summed E-state index contributed by atoms with van der Waals surface area (Å²) in [5, 5.41) is 6.59. The van der Waals surface area contributed by atoms with E-state index >= 15 is 0 Å². The number of rotatable bonds is 7. The molecule has 104 valence electrons. The smallest absolute Gasteiger partial charge is 0.246 e. The van der Waals surface area contributed by atoms with Gasteiger partial charge in [-0.3, -0.25) is 5.10 Å². The number of sulfonamides is 1. The summed E-state index contributed by atoms with van der Waals surface area (Å²) in [6.07, 6.45) is 0. The van der Waals surface area contributed by atoms with Crippen molar-refractivity contribution < 1.29 is 13.2 Å². The molecule has 0 aliphatic heterocycles. The van der Waals surface area contributed by atoms with E-state index in [0.717, 1.165) is 0 Å². The van der Waals surface area contributed by atoms with Gasteiger partial charge >= 0.3 is 0 Å². The molecule has 0 atom stereocenters. The van der Waals surface area contributed by atoms with Crippen molar-refractivity contribution in [1.82, 2.24) is 14.5 Å². The number of hydrogen-bond donors (Lipinski definition) is 1. The van der Waals surface area contributed by atoms with Crippen LogP contribution >= 0.6 is 11.6 Å². The Morgan fingerprint density at radius 1 is 1.39 bits per heavy atom. The van der Waals surface area contributed by atoms with Crippen molar-refractivity contribution in [1.29, 1.82) is 0 Å². The van der Waals surface area contributed by atoms with Gasteiger partial charge in [-0.1, -0.05) is 0 Å². The largest absolute Gasteiger partial charge is 0.383 e. The summed E-state index contributed by atoms with van der Waals surface area (Å²) in [5.74, 6) is 0.235. The lowest BCUT2D eigenvalue weighted by Crippen LogP contribution is -2.36.